The molecule has 3 rings (SSSR count). The first-order valence-corrected chi connectivity index (χ1v) is 8.05. The molecule has 1 N–H and O–H groups in total. The summed E-state index contributed by atoms with van der Waals surface area (Å²) in [4.78, 5) is 24.8. The van der Waals surface area contributed by atoms with Crippen LogP contribution in [0.2, 0.25) is 0 Å². The maximum absolute atomic E-state index is 12.7. The number of hydrogen-bond donors (Lipinski definition) is 1. The first-order chi connectivity index (χ1) is 12.3. The number of hydrogen-bond acceptors (Lipinski definition) is 3. The van der Waals surface area contributed by atoms with E-state index in [4.69, 9.17) is 0 Å². The number of rotatable bonds is 4. The number of imidazole rings is 1. The highest BCUT2D eigenvalue weighted by molar-refractivity contribution is 5.95. The lowest BCUT2D eigenvalue weighted by atomic mass is 10.0. The van der Waals surface area contributed by atoms with Gasteiger partial charge in [-0.2, -0.15) is 13.2 Å². The van der Waals surface area contributed by atoms with Crippen molar-refractivity contribution < 1.29 is 18.0 Å². The molecule has 0 bridgehead atoms. The predicted octanol–water partition coefficient (Wildman–Crippen LogP) is 3.96. The number of aromatic amines is 1. The SMILES string of the molecule is CCN(CC(F)(F)F)C(=O)c1cccc(-c2cnc3nc(C)[nH]c3c2)c1. The molecule has 0 saturated heterocycles. The number of halogens is 3. The quantitative estimate of drug-likeness (QED) is 0.764. The lowest BCUT2D eigenvalue weighted by Crippen LogP contribution is -2.38. The van der Waals surface area contributed by atoms with Gasteiger partial charge in [0.1, 0.15) is 12.4 Å². The van der Waals surface area contributed by atoms with Crippen LogP contribution in [0.5, 0.6) is 0 Å². The van der Waals surface area contributed by atoms with Crippen LogP contribution in [0.15, 0.2) is 36.5 Å². The molecule has 0 aliphatic carbocycles. The third kappa shape index (κ3) is 3.84. The summed E-state index contributed by atoms with van der Waals surface area (Å²) >= 11 is 0. The molecule has 3 aromatic rings. The van der Waals surface area contributed by atoms with Crippen molar-refractivity contribution >= 4 is 17.1 Å². The number of benzene rings is 1. The Morgan fingerprint density at radius 1 is 1.23 bits per heavy atom. The van der Waals surface area contributed by atoms with E-state index < -0.39 is 18.6 Å². The Balaban J connectivity index is 1.92. The average molecular weight is 362 g/mol. The number of pyridine rings is 1. The van der Waals surface area contributed by atoms with Crippen molar-refractivity contribution in [1.29, 1.82) is 0 Å². The lowest BCUT2D eigenvalue weighted by molar-refractivity contribution is -0.140. The molecule has 0 aliphatic heterocycles. The van der Waals surface area contributed by atoms with Crippen molar-refractivity contribution in [2.24, 2.45) is 0 Å². The molecule has 8 heteroatoms. The van der Waals surface area contributed by atoms with Crippen LogP contribution >= 0.6 is 0 Å². The van der Waals surface area contributed by atoms with Crippen molar-refractivity contribution in [1.82, 2.24) is 19.9 Å². The molecule has 0 fully saturated rings. The van der Waals surface area contributed by atoms with Crippen molar-refractivity contribution in [3.05, 3.63) is 47.9 Å². The van der Waals surface area contributed by atoms with E-state index in [2.05, 4.69) is 15.0 Å². The van der Waals surface area contributed by atoms with Crippen LogP contribution in [0, 0.1) is 6.92 Å². The van der Waals surface area contributed by atoms with E-state index in [-0.39, 0.29) is 12.1 Å². The van der Waals surface area contributed by atoms with Gasteiger partial charge in [-0.05, 0) is 37.6 Å². The van der Waals surface area contributed by atoms with Gasteiger partial charge in [0.2, 0.25) is 0 Å². The molecule has 26 heavy (non-hydrogen) atoms. The van der Waals surface area contributed by atoms with Gasteiger partial charge in [-0.1, -0.05) is 12.1 Å². The fraction of sp³-hybridized carbons (Fsp3) is 0.278. The van der Waals surface area contributed by atoms with Gasteiger partial charge in [0.05, 0.1) is 5.52 Å². The maximum atomic E-state index is 12.7. The van der Waals surface area contributed by atoms with E-state index in [1.165, 1.54) is 13.0 Å². The van der Waals surface area contributed by atoms with E-state index in [9.17, 15) is 18.0 Å². The molecule has 0 saturated carbocycles. The lowest BCUT2D eigenvalue weighted by Gasteiger charge is -2.22. The fourth-order valence-electron chi connectivity index (χ4n) is 2.74. The van der Waals surface area contributed by atoms with Crippen molar-refractivity contribution in [3.8, 4) is 11.1 Å². The molecule has 5 nitrogen and oxygen atoms in total. The second kappa shape index (κ2) is 6.78. The number of amides is 1. The monoisotopic (exact) mass is 362 g/mol. The molecule has 0 radical (unpaired) electrons. The molecule has 136 valence electrons. The van der Waals surface area contributed by atoms with E-state index in [1.807, 2.05) is 13.0 Å². The zero-order chi connectivity index (χ0) is 18.9. The number of fused-ring (bicyclic) bond motifs is 1. The van der Waals surface area contributed by atoms with Gasteiger partial charge in [-0.15, -0.1) is 0 Å². The van der Waals surface area contributed by atoms with Gasteiger partial charge in [0, 0.05) is 23.9 Å². The van der Waals surface area contributed by atoms with Gasteiger partial charge in [-0.3, -0.25) is 4.79 Å². The summed E-state index contributed by atoms with van der Waals surface area (Å²) in [6.07, 6.45) is -2.81. The molecule has 1 aromatic carbocycles. The summed E-state index contributed by atoms with van der Waals surface area (Å²) < 4.78 is 38.0. The number of nitrogens with one attached hydrogen (secondary N) is 1. The van der Waals surface area contributed by atoms with Crippen LogP contribution in [-0.2, 0) is 0 Å². The number of aryl methyl sites for hydroxylation is 1. The summed E-state index contributed by atoms with van der Waals surface area (Å²) in [6, 6.07) is 8.36. The third-order valence-electron chi connectivity index (χ3n) is 3.94. The van der Waals surface area contributed by atoms with E-state index in [1.54, 1.807) is 24.4 Å². The normalized spacial score (nSPS) is 11.7. The first kappa shape index (κ1) is 17.9. The number of nitrogens with zero attached hydrogens (tertiary/aromatic N) is 3. The zero-order valence-electron chi connectivity index (χ0n) is 14.3. The molecule has 2 aromatic heterocycles. The van der Waals surface area contributed by atoms with Gasteiger partial charge in [-0.25, -0.2) is 9.97 Å². The highest BCUT2D eigenvalue weighted by atomic mass is 19.4. The molecule has 1 amide bonds. The Hall–Kier alpha value is -2.90. The maximum Gasteiger partial charge on any atom is 0.406 e. The predicted molar refractivity (Wildman–Crippen MR) is 91.7 cm³/mol. The number of alkyl halides is 3. The second-order valence-electron chi connectivity index (χ2n) is 5.93. The van der Waals surface area contributed by atoms with E-state index in [0.29, 0.717) is 11.2 Å². The topological polar surface area (TPSA) is 61.9 Å². The summed E-state index contributed by atoms with van der Waals surface area (Å²) in [5, 5.41) is 0. The van der Waals surface area contributed by atoms with Crippen LogP contribution in [0.3, 0.4) is 0 Å². The number of carbonyl (C=O) groups is 1. The van der Waals surface area contributed by atoms with Crippen molar-refractivity contribution in [3.63, 3.8) is 0 Å². The van der Waals surface area contributed by atoms with Crippen LogP contribution in [0.4, 0.5) is 13.2 Å². The van der Waals surface area contributed by atoms with Gasteiger partial charge >= 0.3 is 6.18 Å². The minimum Gasteiger partial charge on any atom is -0.341 e. The Labute approximate surface area is 147 Å². The number of H-pyrrole nitrogens is 1. The number of carbonyl (C=O) groups excluding carboxylic acids is 1. The standard InChI is InChI=1S/C18H17F3N4O/c1-3-25(10-18(19,20)21)17(26)13-6-4-5-12(7-13)14-8-15-16(22-9-14)24-11(2)23-15/h4-9H,3,10H2,1-2H3,(H,22,23,24). The Kier molecular flexibility index (Phi) is 4.67. The molecule has 0 spiro atoms. The second-order valence-corrected chi connectivity index (χ2v) is 5.93. The molecular weight excluding hydrogens is 345 g/mol. The average Bonchev–Trinajstić information content (AvgIpc) is 2.97. The van der Waals surface area contributed by atoms with E-state index >= 15 is 0 Å². The zero-order valence-corrected chi connectivity index (χ0v) is 14.3. The molecule has 0 atom stereocenters. The molecule has 0 aliphatic rings. The molecule has 2 heterocycles. The summed E-state index contributed by atoms with van der Waals surface area (Å²) in [6.45, 7) is 2.05. The van der Waals surface area contributed by atoms with E-state index in [0.717, 1.165) is 21.8 Å². The fourth-order valence-corrected chi connectivity index (χ4v) is 2.74. The minimum absolute atomic E-state index is 0.0243. The highest BCUT2D eigenvalue weighted by Crippen LogP contribution is 2.24. The smallest absolute Gasteiger partial charge is 0.341 e. The largest absolute Gasteiger partial charge is 0.406 e. The Morgan fingerprint density at radius 3 is 2.69 bits per heavy atom. The van der Waals surface area contributed by atoms with Crippen LogP contribution in [-0.4, -0.2) is 45.0 Å². The third-order valence-corrected chi connectivity index (χ3v) is 3.94. The number of aromatic nitrogens is 3. The first-order valence-electron chi connectivity index (χ1n) is 8.05. The minimum atomic E-state index is -4.43. The van der Waals surface area contributed by atoms with Gasteiger partial charge in [0.15, 0.2) is 5.65 Å². The summed E-state index contributed by atoms with van der Waals surface area (Å²) in [5.41, 5.74) is 2.98. The Morgan fingerprint density at radius 2 is 2.00 bits per heavy atom. The van der Waals surface area contributed by atoms with Gasteiger partial charge in [0.25, 0.3) is 5.91 Å². The van der Waals surface area contributed by atoms with Crippen molar-refractivity contribution in [2.75, 3.05) is 13.1 Å². The van der Waals surface area contributed by atoms with Crippen molar-refractivity contribution in [2.45, 2.75) is 20.0 Å². The van der Waals surface area contributed by atoms with Crippen LogP contribution < -0.4 is 0 Å². The molecular formula is C18H17F3N4O. The summed E-state index contributed by atoms with van der Waals surface area (Å²) in [7, 11) is 0. The van der Waals surface area contributed by atoms with Gasteiger partial charge < -0.3 is 9.88 Å². The summed E-state index contributed by atoms with van der Waals surface area (Å²) in [5.74, 6) is 0.0809. The molecule has 0 unspecified atom stereocenters. The van der Waals surface area contributed by atoms with Crippen LogP contribution in [0.1, 0.15) is 23.1 Å². The highest BCUT2D eigenvalue weighted by Gasteiger charge is 2.32. The Bertz CT molecular complexity index is 949. The van der Waals surface area contributed by atoms with Crippen LogP contribution in [0.25, 0.3) is 22.3 Å².